The molecule has 30 heavy (non-hydrogen) atoms. The molecule has 0 saturated carbocycles. The summed E-state index contributed by atoms with van der Waals surface area (Å²) in [5.74, 6) is 0.296. The fourth-order valence-corrected chi connectivity index (χ4v) is 3.25. The lowest BCUT2D eigenvalue weighted by molar-refractivity contribution is 0.0170. The van der Waals surface area contributed by atoms with E-state index in [1.165, 1.54) is 18.4 Å². The molecule has 0 aromatic heterocycles. The first kappa shape index (κ1) is 27.1. The molecule has 1 aromatic carbocycles. The Labute approximate surface area is 196 Å². The number of ether oxygens (including phenoxy) is 1. The summed E-state index contributed by atoms with van der Waals surface area (Å²) in [5.41, 5.74) is 1.01. The van der Waals surface area contributed by atoms with E-state index in [0.717, 1.165) is 18.7 Å². The largest absolute Gasteiger partial charge is 0.379 e. The Morgan fingerprint density at radius 1 is 1.23 bits per heavy atom. The molecule has 0 amide bonds. The van der Waals surface area contributed by atoms with Crippen molar-refractivity contribution in [1.29, 1.82) is 0 Å². The maximum absolute atomic E-state index is 13.4. The van der Waals surface area contributed by atoms with Gasteiger partial charge in [-0.15, -0.1) is 24.0 Å². The zero-order valence-corrected chi connectivity index (χ0v) is 21.3. The summed E-state index contributed by atoms with van der Waals surface area (Å²) in [6.45, 7) is 9.56. The SMILES string of the molecule is CCNC(=NCC(C)(C)S(C)(=O)=O)NCC(c1ccc(F)cc1)N1CCOCC1.I. The first-order chi connectivity index (χ1) is 13.6. The van der Waals surface area contributed by atoms with Gasteiger partial charge in [-0.1, -0.05) is 12.1 Å². The number of guanidine groups is 1. The maximum atomic E-state index is 13.4. The first-order valence-electron chi connectivity index (χ1n) is 9.93. The highest BCUT2D eigenvalue weighted by atomic mass is 127. The number of halogens is 2. The monoisotopic (exact) mass is 556 g/mol. The Hall–Kier alpha value is -0.980. The molecular weight excluding hydrogens is 522 g/mol. The number of hydrogen-bond acceptors (Lipinski definition) is 5. The van der Waals surface area contributed by atoms with E-state index in [4.69, 9.17) is 4.74 Å². The molecule has 10 heteroatoms. The molecule has 0 radical (unpaired) electrons. The molecule has 1 heterocycles. The van der Waals surface area contributed by atoms with Crippen LogP contribution in [0.4, 0.5) is 4.39 Å². The van der Waals surface area contributed by atoms with Crippen LogP contribution in [0.25, 0.3) is 0 Å². The number of sulfone groups is 1. The quantitative estimate of drug-likeness (QED) is 0.290. The molecule has 172 valence electrons. The number of morpholine rings is 1. The molecular formula is C20H34FIN4O3S. The Morgan fingerprint density at radius 3 is 2.37 bits per heavy atom. The molecule has 0 aliphatic carbocycles. The van der Waals surface area contributed by atoms with Crippen molar-refractivity contribution in [3.05, 3.63) is 35.6 Å². The lowest BCUT2D eigenvalue weighted by Crippen LogP contribution is -2.47. The van der Waals surface area contributed by atoms with Gasteiger partial charge >= 0.3 is 0 Å². The molecule has 0 spiro atoms. The number of benzene rings is 1. The third kappa shape index (κ3) is 7.93. The number of hydrogen-bond donors (Lipinski definition) is 2. The summed E-state index contributed by atoms with van der Waals surface area (Å²) in [7, 11) is -3.23. The highest BCUT2D eigenvalue weighted by Crippen LogP contribution is 2.22. The molecule has 1 fully saturated rings. The summed E-state index contributed by atoms with van der Waals surface area (Å²) in [6.07, 6.45) is 1.23. The normalized spacial score (nSPS) is 17.2. The molecule has 1 aliphatic heterocycles. The standard InChI is InChI=1S/C20H33FN4O3S.HI/c1-5-22-19(24-15-20(2,3)29(4,26)27)23-14-18(25-10-12-28-13-11-25)16-6-8-17(21)9-7-16;/h6-9,18H,5,10-15H2,1-4H3,(H2,22,23,24);1H. The Kier molecular flexibility index (Phi) is 11.0. The van der Waals surface area contributed by atoms with Gasteiger partial charge in [-0.2, -0.15) is 0 Å². The van der Waals surface area contributed by atoms with E-state index < -0.39 is 14.6 Å². The summed E-state index contributed by atoms with van der Waals surface area (Å²) in [6, 6.07) is 6.56. The van der Waals surface area contributed by atoms with Crippen molar-refractivity contribution in [2.75, 3.05) is 52.2 Å². The van der Waals surface area contributed by atoms with Gasteiger partial charge in [0.25, 0.3) is 0 Å². The van der Waals surface area contributed by atoms with Crippen LogP contribution in [-0.4, -0.2) is 76.2 Å². The van der Waals surface area contributed by atoms with Crippen LogP contribution in [0.15, 0.2) is 29.3 Å². The number of aliphatic imine (C=N–C) groups is 1. The van der Waals surface area contributed by atoms with Gasteiger partial charge in [-0.3, -0.25) is 9.89 Å². The topological polar surface area (TPSA) is 83.0 Å². The molecule has 7 nitrogen and oxygen atoms in total. The van der Waals surface area contributed by atoms with Crippen molar-refractivity contribution in [3.63, 3.8) is 0 Å². The van der Waals surface area contributed by atoms with Crippen molar-refractivity contribution >= 4 is 39.8 Å². The fourth-order valence-electron chi connectivity index (χ4n) is 2.95. The molecule has 1 unspecified atom stereocenters. The predicted octanol–water partition coefficient (Wildman–Crippen LogP) is 2.20. The predicted molar refractivity (Wildman–Crippen MR) is 130 cm³/mol. The van der Waals surface area contributed by atoms with E-state index in [9.17, 15) is 12.8 Å². The van der Waals surface area contributed by atoms with E-state index in [0.29, 0.717) is 32.3 Å². The van der Waals surface area contributed by atoms with Crippen molar-refractivity contribution < 1.29 is 17.5 Å². The van der Waals surface area contributed by atoms with Gasteiger partial charge < -0.3 is 15.4 Å². The van der Waals surface area contributed by atoms with Gasteiger partial charge in [0.05, 0.1) is 30.5 Å². The van der Waals surface area contributed by atoms with Gasteiger partial charge in [-0.05, 0) is 38.5 Å². The minimum absolute atomic E-state index is 0. The van der Waals surface area contributed by atoms with Crippen LogP contribution < -0.4 is 10.6 Å². The zero-order chi connectivity index (χ0) is 21.5. The first-order valence-corrected chi connectivity index (χ1v) is 11.8. The second kappa shape index (κ2) is 12.2. The maximum Gasteiger partial charge on any atom is 0.191 e. The van der Waals surface area contributed by atoms with Crippen LogP contribution in [0.1, 0.15) is 32.4 Å². The van der Waals surface area contributed by atoms with Gasteiger partial charge in [0, 0.05) is 32.4 Å². The Balaban J connectivity index is 0.00000450. The number of rotatable bonds is 8. The van der Waals surface area contributed by atoms with Crippen LogP contribution >= 0.6 is 24.0 Å². The van der Waals surface area contributed by atoms with Crippen molar-refractivity contribution in [3.8, 4) is 0 Å². The van der Waals surface area contributed by atoms with Crippen LogP contribution in [0, 0.1) is 5.82 Å². The number of nitrogens with zero attached hydrogens (tertiary/aromatic N) is 2. The molecule has 0 bridgehead atoms. The molecule has 1 aliphatic rings. The lowest BCUT2D eigenvalue weighted by atomic mass is 10.0. The van der Waals surface area contributed by atoms with E-state index in [1.54, 1.807) is 26.0 Å². The smallest absolute Gasteiger partial charge is 0.191 e. The van der Waals surface area contributed by atoms with E-state index in [1.807, 2.05) is 6.92 Å². The Bertz CT molecular complexity index is 782. The highest BCUT2D eigenvalue weighted by Gasteiger charge is 2.30. The summed E-state index contributed by atoms with van der Waals surface area (Å²) >= 11 is 0. The zero-order valence-electron chi connectivity index (χ0n) is 18.2. The summed E-state index contributed by atoms with van der Waals surface area (Å²) < 4.78 is 41.8. The average Bonchev–Trinajstić information content (AvgIpc) is 2.67. The second-order valence-electron chi connectivity index (χ2n) is 7.82. The molecule has 2 N–H and O–H groups in total. The molecule has 1 atom stereocenters. The van der Waals surface area contributed by atoms with E-state index >= 15 is 0 Å². The van der Waals surface area contributed by atoms with Crippen LogP contribution in [0.2, 0.25) is 0 Å². The minimum Gasteiger partial charge on any atom is -0.379 e. The lowest BCUT2D eigenvalue weighted by Gasteiger charge is -2.35. The van der Waals surface area contributed by atoms with E-state index in [2.05, 4.69) is 20.5 Å². The van der Waals surface area contributed by atoms with Crippen molar-refractivity contribution in [1.82, 2.24) is 15.5 Å². The van der Waals surface area contributed by atoms with Crippen molar-refractivity contribution in [2.24, 2.45) is 4.99 Å². The van der Waals surface area contributed by atoms with Crippen LogP contribution in [0.5, 0.6) is 0 Å². The van der Waals surface area contributed by atoms with E-state index in [-0.39, 0.29) is 42.4 Å². The third-order valence-corrected chi connectivity index (χ3v) is 7.31. The Morgan fingerprint density at radius 2 is 1.83 bits per heavy atom. The van der Waals surface area contributed by atoms with Crippen LogP contribution in [0.3, 0.4) is 0 Å². The third-order valence-electron chi connectivity index (χ3n) is 5.17. The molecule has 2 rings (SSSR count). The van der Waals surface area contributed by atoms with Gasteiger partial charge in [0.1, 0.15) is 5.82 Å². The fraction of sp³-hybridized carbons (Fsp3) is 0.650. The summed E-state index contributed by atoms with van der Waals surface area (Å²) in [5, 5.41) is 6.49. The summed E-state index contributed by atoms with van der Waals surface area (Å²) in [4.78, 5) is 6.79. The molecule has 1 saturated heterocycles. The minimum atomic E-state index is -3.23. The van der Waals surface area contributed by atoms with Crippen molar-refractivity contribution in [2.45, 2.75) is 31.6 Å². The number of nitrogens with one attached hydrogen (secondary N) is 2. The van der Waals surface area contributed by atoms with Gasteiger partial charge in [0.2, 0.25) is 0 Å². The second-order valence-corrected chi connectivity index (χ2v) is 10.5. The van der Waals surface area contributed by atoms with Crippen LogP contribution in [-0.2, 0) is 14.6 Å². The van der Waals surface area contributed by atoms with Gasteiger partial charge in [0.15, 0.2) is 15.8 Å². The van der Waals surface area contributed by atoms with Gasteiger partial charge in [-0.25, -0.2) is 12.8 Å². The highest BCUT2D eigenvalue weighted by molar-refractivity contribution is 14.0. The molecule has 1 aromatic rings. The average molecular weight is 556 g/mol.